The summed E-state index contributed by atoms with van der Waals surface area (Å²) in [5.74, 6) is 0.590. The first-order valence-electron chi connectivity index (χ1n) is 8.77. The second-order valence-electron chi connectivity index (χ2n) is 6.80. The highest BCUT2D eigenvalue weighted by Gasteiger charge is 2.30. The normalized spacial score (nSPS) is 19.3. The van der Waals surface area contributed by atoms with E-state index in [2.05, 4.69) is 25.2 Å². The molecule has 130 valence electrons. The van der Waals surface area contributed by atoms with Gasteiger partial charge in [-0.1, -0.05) is 50.2 Å². The zero-order chi connectivity index (χ0) is 17.8. The van der Waals surface area contributed by atoms with Gasteiger partial charge in [-0.25, -0.2) is 0 Å². The highest BCUT2D eigenvalue weighted by atomic mass is 16.5. The monoisotopic (exact) mass is 336 g/mol. The molecular formula is C21H24N2O2. The summed E-state index contributed by atoms with van der Waals surface area (Å²) in [6.07, 6.45) is 0.979. The van der Waals surface area contributed by atoms with Gasteiger partial charge in [0.1, 0.15) is 18.4 Å². The minimum Gasteiger partial charge on any atom is -0.488 e. The van der Waals surface area contributed by atoms with Crippen molar-refractivity contribution in [2.45, 2.75) is 51.5 Å². The molecule has 0 radical (unpaired) electrons. The fraction of sp³-hybridized carbons (Fsp3) is 0.381. The molecule has 4 heteroatoms. The molecule has 3 rings (SSSR count). The van der Waals surface area contributed by atoms with Gasteiger partial charge in [0.2, 0.25) is 0 Å². The molecule has 4 nitrogen and oxygen atoms in total. The number of fused-ring (bicyclic) bond motifs is 1. The molecule has 0 spiro atoms. The number of nitrogens with one attached hydrogen (secondary N) is 1. The van der Waals surface area contributed by atoms with Crippen LogP contribution in [0.3, 0.4) is 0 Å². The lowest BCUT2D eigenvalue weighted by atomic mass is 9.83. The van der Waals surface area contributed by atoms with Gasteiger partial charge in [0, 0.05) is 12.1 Å². The van der Waals surface area contributed by atoms with Crippen LogP contribution in [0, 0.1) is 11.3 Å². The number of nitriles is 1. The third kappa shape index (κ3) is 3.84. The molecule has 0 heterocycles. The van der Waals surface area contributed by atoms with Crippen molar-refractivity contribution in [3.8, 4) is 11.8 Å². The van der Waals surface area contributed by atoms with E-state index in [0.29, 0.717) is 24.0 Å². The van der Waals surface area contributed by atoms with Gasteiger partial charge in [-0.3, -0.25) is 0 Å². The maximum Gasteiger partial charge on any atom is 0.137 e. The highest BCUT2D eigenvalue weighted by molar-refractivity contribution is 5.54. The number of rotatable bonds is 5. The Morgan fingerprint density at radius 3 is 2.68 bits per heavy atom. The van der Waals surface area contributed by atoms with Gasteiger partial charge >= 0.3 is 0 Å². The van der Waals surface area contributed by atoms with Crippen molar-refractivity contribution >= 4 is 0 Å². The molecule has 0 amide bonds. The van der Waals surface area contributed by atoms with E-state index in [1.807, 2.05) is 36.4 Å². The second kappa shape index (κ2) is 7.69. The molecule has 0 aliphatic heterocycles. The van der Waals surface area contributed by atoms with Crippen LogP contribution in [0.5, 0.6) is 5.75 Å². The first kappa shape index (κ1) is 17.5. The third-order valence-corrected chi connectivity index (χ3v) is 4.61. The molecule has 2 N–H and O–H groups in total. The van der Waals surface area contributed by atoms with Crippen molar-refractivity contribution < 1.29 is 9.84 Å². The fourth-order valence-electron chi connectivity index (χ4n) is 3.44. The van der Waals surface area contributed by atoms with E-state index in [1.54, 1.807) is 6.07 Å². The largest absolute Gasteiger partial charge is 0.488 e. The summed E-state index contributed by atoms with van der Waals surface area (Å²) in [7, 11) is 0. The molecule has 2 atom stereocenters. The quantitative estimate of drug-likeness (QED) is 0.877. The van der Waals surface area contributed by atoms with Crippen molar-refractivity contribution in [2.24, 2.45) is 0 Å². The van der Waals surface area contributed by atoms with Crippen molar-refractivity contribution in [3.63, 3.8) is 0 Å². The lowest BCUT2D eigenvalue weighted by Crippen LogP contribution is -2.42. The average molecular weight is 336 g/mol. The van der Waals surface area contributed by atoms with Crippen molar-refractivity contribution in [2.75, 3.05) is 0 Å². The lowest BCUT2D eigenvalue weighted by Gasteiger charge is -2.33. The van der Waals surface area contributed by atoms with Gasteiger partial charge in [-0.15, -0.1) is 0 Å². The molecule has 1 aliphatic rings. The second-order valence-corrected chi connectivity index (χ2v) is 6.80. The third-order valence-electron chi connectivity index (χ3n) is 4.61. The Morgan fingerprint density at radius 2 is 2.00 bits per heavy atom. The van der Waals surface area contributed by atoms with Crippen molar-refractivity contribution in [3.05, 3.63) is 64.7 Å². The molecule has 1 aliphatic carbocycles. The Kier molecular flexibility index (Phi) is 5.37. The zero-order valence-electron chi connectivity index (χ0n) is 14.7. The molecule has 0 unspecified atom stereocenters. The molecule has 0 saturated carbocycles. The molecule has 2 aromatic carbocycles. The smallest absolute Gasteiger partial charge is 0.137 e. The first-order chi connectivity index (χ1) is 12.1. The Hall–Kier alpha value is -2.35. The molecule has 0 saturated heterocycles. The summed E-state index contributed by atoms with van der Waals surface area (Å²) < 4.78 is 5.89. The van der Waals surface area contributed by atoms with Crippen LogP contribution in [0.1, 0.15) is 48.6 Å². The number of benzene rings is 2. The predicted molar refractivity (Wildman–Crippen MR) is 97.3 cm³/mol. The van der Waals surface area contributed by atoms with E-state index in [4.69, 9.17) is 4.74 Å². The summed E-state index contributed by atoms with van der Waals surface area (Å²) >= 11 is 0. The van der Waals surface area contributed by atoms with Crippen LogP contribution < -0.4 is 10.1 Å². The number of aliphatic hydroxyl groups is 1. The Labute approximate surface area is 149 Å². The Morgan fingerprint density at radius 1 is 1.24 bits per heavy atom. The number of hydrogen-bond donors (Lipinski definition) is 2. The van der Waals surface area contributed by atoms with E-state index in [1.165, 1.54) is 0 Å². The predicted octanol–water partition coefficient (Wildman–Crippen LogP) is 3.48. The Balaban J connectivity index is 1.83. The van der Waals surface area contributed by atoms with Crippen LogP contribution in [0.4, 0.5) is 0 Å². The number of ether oxygens (including phenoxy) is 1. The van der Waals surface area contributed by atoms with Crippen LogP contribution in [0.25, 0.3) is 0 Å². The number of hydrogen-bond acceptors (Lipinski definition) is 4. The SMILES string of the molecule is CC(C)N[C@@H]1CCc2c(ccc(OCc3ccccc3)c2C#N)[C@H]1O. The van der Waals surface area contributed by atoms with Crippen molar-refractivity contribution in [1.29, 1.82) is 5.26 Å². The van der Waals surface area contributed by atoms with Crippen LogP contribution in [0.2, 0.25) is 0 Å². The van der Waals surface area contributed by atoms with Crippen LogP contribution in [-0.4, -0.2) is 17.2 Å². The maximum absolute atomic E-state index is 10.7. The van der Waals surface area contributed by atoms with Crippen LogP contribution >= 0.6 is 0 Å². The minimum absolute atomic E-state index is 0.0233. The molecule has 0 bridgehead atoms. The van der Waals surface area contributed by atoms with E-state index in [-0.39, 0.29) is 6.04 Å². The summed E-state index contributed by atoms with van der Waals surface area (Å²) in [5.41, 5.74) is 3.37. The first-order valence-corrected chi connectivity index (χ1v) is 8.77. The minimum atomic E-state index is -0.596. The average Bonchev–Trinajstić information content (AvgIpc) is 2.62. The molecule has 0 aromatic heterocycles. The topological polar surface area (TPSA) is 65.3 Å². The summed E-state index contributed by atoms with van der Waals surface area (Å²) in [5, 5.41) is 23.7. The van der Waals surface area contributed by atoms with Crippen LogP contribution in [-0.2, 0) is 13.0 Å². The van der Waals surface area contributed by atoms with Gasteiger partial charge in [0.05, 0.1) is 11.7 Å². The van der Waals surface area contributed by atoms with Gasteiger partial charge in [0.15, 0.2) is 0 Å². The lowest BCUT2D eigenvalue weighted by molar-refractivity contribution is 0.110. The summed E-state index contributed by atoms with van der Waals surface area (Å²) in [4.78, 5) is 0. The van der Waals surface area contributed by atoms with Crippen molar-refractivity contribution in [1.82, 2.24) is 5.32 Å². The standard InChI is InChI=1S/C21H24N2O2/c1-14(2)23-19-10-8-16-17(21(19)24)9-11-20(18(16)12-22)25-13-15-6-4-3-5-7-15/h3-7,9,11,14,19,21,23-24H,8,10,13H2,1-2H3/t19-,21-/m1/s1. The Bertz CT molecular complexity index is 765. The molecular weight excluding hydrogens is 312 g/mol. The molecule has 0 fully saturated rings. The maximum atomic E-state index is 10.7. The van der Waals surface area contributed by atoms with Gasteiger partial charge in [-0.05, 0) is 35.6 Å². The summed E-state index contributed by atoms with van der Waals surface area (Å²) in [6, 6.07) is 16.2. The van der Waals surface area contributed by atoms with Crippen LogP contribution in [0.15, 0.2) is 42.5 Å². The number of aliphatic hydroxyl groups excluding tert-OH is 1. The number of nitrogens with zero attached hydrogens (tertiary/aromatic N) is 1. The van der Waals surface area contributed by atoms with Gasteiger partial charge in [-0.2, -0.15) is 5.26 Å². The van der Waals surface area contributed by atoms with E-state index in [9.17, 15) is 10.4 Å². The van der Waals surface area contributed by atoms with E-state index >= 15 is 0 Å². The van der Waals surface area contributed by atoms with Gasteiger partial charge in [0.25, 0.3) is 0 Å². The van der Waals surface area contributed by atoms with Gasteiger partial charge < -0.3 is 15.2 Å². The molecule has 25 heavy (non-hydrogen) atoms. The zero-order valence-corrected chi connectivity index (χ0v) is 14.7. The molecule has 2 aromatic rings. The highest BCUT2D eigenvalue weighted by Crippen LogP contribution is 2.36. The fourth-order valence-corrected chi connectivity index (χ4v) is 3.44. The van der Waals surface area contributed by atoms with E-state index in [0.717, 1.165) is 29.5 Å². The van der Waals surface area contributed by atoms with E-state index < -0.39 is 6.10 Å². The summed E-state index contributed by atoms with van der Waals surface area (Å²) in [6.45, 7) is 4.57.